The lowest BCUT2D eigenvalue weighted by molar-refractivity contribution is 0.363. The van der Waals surface area contributed by atoms with Crippen molar-refractivity contribution >= 4 is 11.7 Å². The van der Waals surface area contributed by atoms with Gasteiger partial charge >= 0.3 is 0 Å². The second-order valence-electron chi connectivity index (χ2n) is 5.11. The number of benzene rings is 2. The summed E-state index contributed by atoms with van der Waals surface area (Å²) in [5.74, 6) is 0.164. The first kappa shape index (κ1) is 13.9. The summed E-state index contributed by atoms with van der Waals surface area (Å²) in [5, 5.41) is 32.9. The number of nitrogens with one attached hydrogen (secondary N) is 1. The number of phenolic OH excluding ortho intramolecular Hbond substituents is 2. The van der Waals surface area contributed by atoms with Crippen LogP contribution in [0.1, 0.15) is 23.6 Å². The van der Waals surface area contributed by atoms with E-state index in [4.69, 9.17) is 11.1 Å². The molecule has 0 aromatic heterocycles. The summed E-state index contributed by atoms with van der Waals surface area (Å²) in [6, 6.07) is 13.5. The van der Waals surface area contributed by atoms with E-state index >= 15 is 0 Å². The Bertz CT molecular complexity index is 740. The third kappa shape index (κ3) is 2.46. The number of phenols is 2. The van der Waals surface area contributed by atoms with Gasteiger partial charge in [-0.3, -0.25) is 5.41 Å². The minimum Gasteiger partial charge on any atom is -0.508 e. The molecule has 6 heteroatoms. The zero-order valence-electron chi connectivity index (χ0n) is 11.8. The monoisotopic (exact) mass is 296 g/mol. The van der Waals surface area contributed by atoms with Gasteiger partial charge < -0.3 is 15.9 Å². The van der Waals surface area contributed by atoms with Crippen molar-refractivity contribution in [3.05, 3.63) is 59.7 Å². The van der Waals surface area contributed by atoms with E-state index in [-0.39, 0.29) is 23.5 Å². The number of rotatable bonds is 2. The average molecular weight is 296 g/mol. The molecule has 0 bridgehead atoms. The molecule has 0 radical (unpaired) electrons. The SMILES string of the molecule is N=C(N)N1N=C(c2ccccc2O)C[C@H]1c1ccc(O)cc1. The quantitative estimate of drug-likeness (QED) is 0.503. The van der Waals surface area contributed by atoms with Crippen molar-refractivity contribution in [2.24, 2.45) is 10.8 Å². The minimum absolute atomic E-state index is 0.149. The van der Waals surface area contributed by atoms with Crippen molar-refractivity contribution in [1.29, 1.82) is 5.41 Å². The maximum absolute atomic E-state index is 9.97. The molecule has 1 aliphatic rings. The molecule has 2 aromatic carbocycles. The van der Waals surface area contributed by atoms with Gasteiger partial charge in [-0.25, -0.2) is 5.01 Å². The molecule has 5 N–H and O–H groups in total. The number of hydrazone groups is 1. The lowest BCUT2D eigenvalue weighted by atomic mass is 9.98. The average Bonchev–Trinajstić information content (AvgIpc) is 2.93. The molecule has 3 rings (SSSR count). The van der Waals surface area contributed by atoms with Gasteiger partial charge in [0.1, 0.15) is 11.5 Å². The Morgan fingerprint density at radius 1 is 1.14 bits per heavy atom. The number of nitrogens with zero attached hydrogens (tertiary/aromatic N) is 2. The van der Waals surface area contributed by atoms with Gasteiger partial charge in [0.15, 0.2) is 0 Å². The van der Waals surface area contributed by atoms with Crippen LogP contribution >= 0.6 is 0 Å². The highest BCUT2D eigenvalue weighted by Gasteiger charge is 2.31. The molecule has 22 heavy (non-hydrogen) atoms. The molecule has 0 saturated carbocycles. The molecule has 2 aromatic rings. The molecule has 0 unspecified atom stereocenters. The Hall–Kier alpha value is -3.02. The first-order valence-corrected chi connectivity index (χ1v) is 6.84. The summed E-state index contributed by atoms with van der Waals surface area (Å²) in [5.41, 5.74) is 7.82. The Balaban J connectivity index is 1.96. The van der Waals surface area contributed by atoms with E-state index in [0.29, 0.717) is 17.7 Å². The number of hydrogen-bond donors (Lipinski definition) is 4. The van der Waals surface area contributed by atoms with Gasteiger partial charge in [-0.15, -0.1) is 0 Å². The van der Waals surface area contributed by atoms with Gasteiger partial charge in [-0.05, 0) is 29.8 Å². The number of nitrogens with two attached hydrogens (primary N) is 1. The number of aromatic hydroxyl groups is 2. The summed E-state index contributed by atoms with van der Waals surface area (Å²) in [4.78, 5) is 0. The molecule has 0 aliphatic carbocycles. The topological polar surface area (TPSA) is 106 Å². The zero-order valence-corrected chi connectivity index (χ0v) is 11.8. The van der Waals surface area contributed by atoms with Crippen LogP contribution in [0.4, 0.5) is 0 Å². The fraction of sp³-hybridized carbons (Fsp3) is 0.125. The lowest BCUT2D eigenvalue weighted by Crippen LogP contribution is -2.32. The van der Waals surface area contributed by atoms with Crippen molar-refractivity contribution in [3.63, 3.8) is 0 Å². The summed E-state index contributed by atoms with van der Waals surface area (Å²) < 4.78 is 0. The standard InChI is InChI=1S/C16H16N4O2/c17-16(18)20-14(10-5-7-11(21)8-6-10)9-13(19-20)12-3-1-2-4-15(12)22/h1-8,14,21-22H,9H2,(H3,17,18)/t14-/m0/s1. The number of para-hydroxylation sites is 1. The van der Waals surface area contributed by atoms with Gasteiger partial charge in [-0.2, -0.15) is 5.10 Å². The smallest absolute Gasteiger partial charge is 0.209 e. The zero-order chi connectivity index (χ0) is 15.7. The summed E-state index contributed by atoms with van der Waals surface area (Å²) in [7, 11) is 0. The maximum Gasteiger partial charge on any atom is 0.209 e. The molecule has 1 atom stereocenters. The van der Waals surface area contributed by atoms with Crippen molar-refractivity contribution in [3.8, 4) is 11.5 Å². The van der Waals surface area contributed by atoms with Crippen LogP contribution in [0.15, 0.2) is 53.6 Å². The molecule has 0 saturated heterocycles. The van der Waals surface area contributed by atoms with Crippen LogP contribution in [0.2, 0.25) is 0 Å². The molecular weight excluding hydrogens is 280 g/mol. The highest BCUT2D eigenvalue weighted by molar-refractivity contribution is 6.05. The second-order valence-corrected chi connectivity index (χ2v) is 5.11. The summed E-state index contributed by atoms with van der Waals surface area (Å²) in [6.45, 7) is 0. The van der Waals surface area contributed by atoms with Gasteiger partial charge in [0, 0.05) is 12.0 Å². The normalized spacial score (nSPS) is 17.4. The first-order valence-electron chi connectivity index (χ1n) is 6.84. The molecule has 1 heterocycles. The molecular formula is C16H16N4O2. The van der Waals surface area contributed by atoms with Crippen molar-refractivity contribution in [1.82, 2.24) is 5.01 Å². The Morgan fingerprint density at radius 2 is 1.82 bits per heavy atom. The van der Waals surface area contributed by atoms with Gasteiger partial charge in [0.2, 0.25) is 5.96 Å². The van der Waals surface area contributed by atoms with Crippen LogP contribution in [0, 0.1) is 5.41 Å². The largest absolute Gasteiger partial charge is 0.508 e. The second kappa shape index (κ2) is 5.40. The predicted octanol–water partition coefficient (Wildman–Crippen LogP) is 2.14. The Kier molecular flexibility index (Phi) is 3.42. The molecule has 0 spiro atoms. The van der Waals surface area contributed by atoms with E-state index in [0.717, 1.165) is 5.56 Å². The fourth-order valence-electron chi connectivity index (χ4n) is 2.57. The first-order chi connectivity index (χ1) is 10.6. The third-order valence-corrected chi connectivity index (χ3v) is 3.65. The van der Waals surface area contributed by atoms with E-state index in [1.807, 2.05) is 6.07 Å². The number of guanidine groups is 1. The van der Waals surface area contributed by atoms with E-state index < -0.39 is 0 Å². The van der Waals surface area contributed by atoms with E-state index in [9.17, 15) is 10.2 Å². The molecule has 0 fully saturated rings. The minimum atomic E-state index is -0.229. The maximum atomic E-state index is 9.97. The molecule has 0 amide bonds. The van der Waals surface area contributed by atoms with Gasteiger partial charge in [0.25, 0.3) is 0 Å². The molecule has 112 valence electrons. The van der Waals surface area contributed by atoms with E-state index in [1.165, 1.54) is 5.01 Å². The van der Waals surface area contributed by atoms with Crippen molar-refractivity contribution in [2.75, 3.05) is 0 Å². The fourth-order valence-corrected chi connectivity index (χ4v) is 2.57. The Morgan fingerprint density at radius 3 is 2.45 bits per heavy atom. The van der Waals surface area contributed by atoms with Crippen LogP contribution in [0.3, 0.4) is 0 Å². The van der Waals surface area contributed by atoms with Crippen LogP contribution in [-0.2, 0) is 0 Å². The van der Waals surface area contributed by atoms with Crippen LogP contribution in [0.5, 0.6) is 11.5 Å². The van der Waals surface area contributed by atoms with Gasteiger partial charge in [0.05, 0.1) is 11.8 Å². The van der Waals surface area contributed by atoms with Crippen LogP contribution in [-0.4, -0.2) is 26.9 Å². The summed E-state index contributed by atoms with van der Waals surface area (Å²) in [6.07, 6.45) is 0.516. The molecule has 6 nitrogen and oxygen atoms in total. The van der Waals surface area contributed by atoms with Crippen LogP contribution < -0.4 is 5.73 Å². The van der Waals surface area contributed by atoms with Crippen molar-refractivity contribution in [2.45, 2.75) is 12.5 Å². The number of hydrogen-bond acceptors (Lipinski definition) is 4. The van der Waals surface area contributed by atoms with Crippen LogP contribution in [0.25, 0.3) is 0 Å². The van der Waals surface area contributed by atoms with E-state index in [2.05, 4.69) is 5.10 Å². The summed E-state index contributed by atoms with van der Waals surface area (Å²) >= 11 is 0. The highest BCUT2D eigenvalue weighted by Crippen LogP contribution is 2.34. The third-order valence-electron chi connectivity index (χ3n) is 3.65. The van der Waals surface area contributed by atoms with Gasteiger partial charge in [-0.1, -0.05) is 24.3 Å². The molecule has 1 aliphatic heterocycles. The highest BCUT2D eigenvalue weighted by atomic mass is 16.3. The lowest BCUT2D eigenvalue weighted by Gasteiger charge is -2.21. The predicted molar refractivity (Wildman–Crippen MR) is 83.9 cm³/mol. The van der Waals surface area contributed by atoms with Crippen molar-refractivity contribution < 1.29 is 10.2 Å². The Labute approximate surface area is 127 Å². The van der Waals surface area contributed by atoms with E-state index in [1.54, 1.807) is 42.5 Å².